The average molecular weight is 280 g/mol. The van der Waals surface area contributed by atoms with E-state index in [4.69, 9.17) is 15.2 Å². The van der Waals surface area contributed by atoms with Crippen LogP contribution in [0.3, 0.4) is 0 Å². The zero-order valence-electron chi connectivity index (χ0n) is 12.1. The van der Waals surface area contributed by atoms with Crippen LogP contribution in [0.25, 0.3) is 0 Å². The van der Waals surface area contributed by atoms with Crippen molar-refractivity contribution in [3.8, 4) is 5.75 Å². The van der Waals surface area contributed by atoms with Crippen LogP contribution in [0, 0.1) is 0 Å². The van der Waals surface area contributed by atoms with Crippen molar-refractivity contribution in [2.24, 2.45) is 5.73 Å². The molecular formula is C15H24N2O3. The number of hydrogen-bond acceptors (Lipinski definition) is 4. The highest BCUT2D eigenvalue weighted by molar-refractivity contribution is 5.77. The fourth-order valence-corrected chi connectivity index (χ4v) is 1.66. The van der Waals surface area contributed by atoms with Gasteiger partial charge in [0.2, 0.25) is 0 Å². The van der Waals surface area contributed by atoms with Gasteiger partial charge in [0.05, 0.1) is 0 Å². The maximum atomic E-state index is 11.6. The van der Waals surface area contributed by atoms with Gasteiger partial charge in [0.25, 0.3) is 5.91 Å². The Morgan fingerprint density at radius 3 is 2.85 bits per heavy atom. The second-order valence-electron chi connectivity index (χ2n) is 4.42. The standard InChI is InChI=1S/C15H24N2O3/c1-2-9-19-10-5-8-17-15(18)12-20-14-7-4-3-6-13(14)11-16/h3-4,6-7H,2,5,8-12,16H2,1H3,(H,17,18). The Hall–Kier alpha value is -1.59. The molecule has 0 aliphatic carbocycles. The Kier molecular flexibility index (Phi) is 8.42. The first-order chi connectivity index (χ1) is 9.77. The minimum atomic E-state index is -0.132. The van der Waals surface area contributed by atoms with Crippen LogP contribution in [0.1, 0.15) is 25.3 Å². The second kappa shape index (κ2) is 10.2. The first-order valence-corrected chi connectivity index (χ1v) is 7.03. The molecule has 1 aromatic carbocycles. The van der Waals surface area contributed by atoms with Gasteiger partial charge in [0.15, 0.2) is 6.61 Å². The Bertz CT molecular complexity index is 396. The van der Waals surface area contributed by atoms with Crippen LogP contribution in [0.15, 0.2) is 24.3 Å². The van der Waals surface area contributed by atoms with Gasteiger partial charge in [-0.15, -0.1) is 0 Å². The van der Waals surface area contributed by atoms with Crippen molar-refractivity contribution in [1.29, 1.82) is 0 Å². The molecule has 0 spiro atoms. The molecule has 1 aromatic rings. The minimum absolute atomic E-state index is 0.00678. The topological polar surface area (TPSA) is 73.6 Å². The molecule has 5 heteroatoms. The van der Waals surface area contributed by atoms with Crippen molar-refractivity contribution in [2.75, 3.05) is 26.4 Å². The van der Waals surface area contributed by atoms with Crippen LogP contribution in [-0.2, 0) is 16.1 Å². The van der Waals surface area contributed by atoms with Gasteiger partial charge in [-0.2, -0.15) is 0 Å². The molecule has 5 nitrogen and oxygen atoms in total. The van der Waals surface area contributed by atoms with E-state index in [2.05, 4.69) is 12.2 Å². The number of carbonyl (C=O) groups excluding carboxylic acids is 1. The fourth-order valence-electron chi connectivity index (χ4n) is 1.66. The summed E-state index contributed by atoms with van der Waals surface area (Å²) >= 11 is 0. The second-order valence-corrected chi connectivity index (χ2v) is 4.42. The van der Waals surface area contributed by atoms with Crippen LogP contribution >= 0.6 is 0 Å². The van der Waals surface area contributed by atoms with E-state index in [9.17, 15) is 4.79 Å². The van der Waals surface area contributed by atoms with Crippen LogP contribution in [0.5, 0.6) is 5.75 Å². The lowest BCUT2D eigenvalue weighted by molar-refractivity contribution is -0.123. The van der Waals surface area contributed by atoms with Gasteiger partial charge in [-0.05, 0) is 18.9 Å². The lowest BCUT2D eigenvalue weighted by atomic mass is 10.2. The summed E-state index contributed by atoms with van der Waals surface area (Å²) in [6.07, 6.45) is 1.83. The number of ether oxygens (including phenoxy) is 2. The SMILES string of the molecule is CCCOCCCNC(=O)COc1ccccc1CN. The van der Waals surface area contributed by atoms with E-state index in [0.717, 1.165) is 25.0 Å². The van der Waals surface area contributed by atoms with Crippen molar-refractivity contribution in [3.63, 3.8) is 0 Å². The highest BCUT2D eigenvalue weighted by Crippen LogP contribution is 2.16. The number of benzene rings is 1. The third-order valence-electron chi connectivity index (χ3n) is 2.69. The van der Waals surface area contributed by atoms with E-state index < -0.39 is 0 Å². The van der Waals surface area contributed by atoms with E-state index in [1.807, 2.05) is 24.3 Å². The number of nitrogens with two attached hydrogens (primary N) is 1. The molecule has 3 N–H and O–H groups in total. The van der Waals surface area contributed by atoms with Gasteiger partial charge >= 0.3 is 0 Å². The average Bonchev–Trinajstić information content (AvgIpc) is 2.49. The number of amides is 1. The maximum Gasteiger partial charge on any atom is 0.257 e. The third-order valence-corrected chi connectivity index (χ3v) is 2.69. The first-order valence-electron chi connectivity index (χ1n) is 7.03. The van der Waals surface area contributed by atoms with E-state index >= 15 is 0 Å². The molecule has 0 aliphatic rings. The molecule has 0 saturated heterocycles. The fraction of sp³-hybridized carbons (Fsp3) is 0.533. The molecule has 112 valence electrons. The normalized spacial score (nSPS) is 10.3. The highest BCUT2D eigenvalue weighted by Gasteiger charge is 2.05. The molecule has 0 heterocycles. The number of rotatable bonds is 10. The Morgan fingerprint density at radius 1 is 1.30 bits per heavy atom. The molecule has 20 heavy (non-hydrogen) atoms. The summed E-state index contributed by atoms with van der Waals surface area (Å²) in [7, 11) is 0. The van der Waals surface area contributed by atoms with Crippen molar-refractivity contribution < 1.29 is 14.3 Å². The molecule has 1 amide bonds. The maximum absolute atomic E-state index is 11.6. The van der Waals surface area contributed by atoms with Gasteiger partial charge in [-0.3, -0.25) is 4.79 Å². The molecule has 0 bridgehead atoms. The van der Waals surface area contributed by atoms with E-state index in [-0.39, 0.29) is 12.5 Å². The minimum Gasteiger partial charge on any atom is -0.483 e. The zero-order chi connectivity index (χ0) is 14.6. The molecule has 0 radical (unpaired) electrons. The molecule has 0 unspecified atom stereocenters. The van der Waals surface area contributed by atoms with Crippen molar-refractivity contribution in [3.05, 3.63) is 29.8 Å². The van der Waals surface area contributed by atoms with Crippen molar-refractivity contribution in [1.82, 2.24) is 5.32 Å². The molecule has 0 aromatic heterocycles. The van der Waals surface area contributed by atoms with Crippen LogP contribution in [0.4, 0.5) is 0 Å². The van der Waals surface area contributed by atoms with Crippen molar-refractivity contribution >= 4 is 5.91 Å². The molecule has 0 fully saturated rings. The Balaban J connectivity index is 2.16. The van der Waals surface area contributed by atoms with Crippen LogP contribution in [-0.4, -0.2) is 32.3 Å². The van der Waals surface area contributed by atoms with Gasteiger partial charge < -0.3 is 20.5 Å². The van der Waals surface area contributed by atoms with Gasteiger partial charge in [-0.1, -0.05) is 25.1 Å². The first kappa shape index (κ1) is 16.5. The van der Waals surface area contributed by atoms with Gasteiger partial charge in [0, 0.05) is 31.9 Å². The van der Waals surface area contributed by atoms with E-state index in [0.29, 0.717) is 25.4 Å². The summed E-state index contributed by atoms with van der Waals surface area (Å²) < 4.78 is 10.8. The van der Waals surface area contributed by atoms with Gasteiger partial charge in [-0.25, -0.2) is 0 Å². The Morgan fingerprint density at radius 2 is 2.10 bits per heavy atom. The Labute approximate surface area is 120 Å². The molecular weight excluding hydrogens is 256 g/mol. The summed E-state index contributed by atoms with van der Waals surface area (Å²) in [5.74, 6) is 0.531. The molecule has 0 atom stereocenters. The zero-order valence-corrected chi connectivity index (χ0v) is 12.1. The number of hydrogen-bond donors (Lipinski definition) is 2. The predicted octanol–water partition coefficient (Wildman–Crippen LogP) is 1.46. The summed E-state index contributed by atoms with van der Waals surface area (Å²) in [4.78, 5) is 11.6. The van der Waals surface area contributed by atoms with Gasteiger partial charge in [0.1, 0.15) is 5.75 Å². The monoisotopic (exact) mass is 280 g/mol. The number of para-hydroxylation sites is 1. The quantitative estimate of drug-likeness (QED) is 0.636. The predicted molar refractivity (Wildman–Crippen MR) is 78.6 cm³/mol. The number of nitrogens with one attached hydrogen (secondary N) is 1. The lowest BCUT2D eigenvalue weighted by Crippen LogP contribution is -2.30. The lowest BCUT2D eigenvalue weighted by Gasteiger charge is -2.10. The largest absolute Gasteiger partial charge is 0.483 e. The summed E-state index contributed by atoms with van der Waals surface area (Å²) in [6.45, 7) is 4.51. The molecule has 0 saturated carbocycles. The summed E-state index contributed by atoms with van der Waals surface area (Å²) in [6, 6.07) is 7.45. The van der Waals surface area contributed by atoms with E-state index in [1.54, 1.807) is 0 Å². The third kappa shape index (κ3) is 6.54. The van der Waals surface area contributed by atoms with Crippen molar-refractivity contribution in [2.45, 2.75) is 26.3 Å². The molecule has 0 aliphatic heterocycles. The highest BCUT2D eigenvalue weighted by atomic mass is 16.5. The summed E-state index contributed by atoms with van der Waals surface area (Å²) in [5, 5.41) is 2.79. The summed E-state index contributed by atoms with van der Waals surface area (Å²) in [5.41, 5.74) is 6.50. The van der Waals surface area contributed by atoms with E-state index in [1.165, 1.54) is 0 Å². The number of carbonyl (C=O) groups is 1. The molecule has 1 rings (SSSR count). The smallest absolute Gasteiger partial charge is 0.257 e. The van der Waals surface area contributed by atoms with Crippen LogP contribution < -0.4 is 15.8 Å². The van der Waals surface area contributed by atoms with Crippen LogP contribution in [0.2, 0.25) is 0 Å².